The topological polar surface area (TPSA) is 61.3 Å². The first kappa shape index (κ1) is 32.5. The van der Waals surface area contributed by atoms with Gasteiger partial charge in [-0.15, -0.1) is 0 Å². The van der Waals surface area contributed by atoms with Crippen LogP contribution in [0.25, 0.3) is 33.4 Å². The summed E-state index contributed by atoms with van der Waals surface area (Å²) in [4.78, 5) is 0. The molecule has 0 saturated carbocycles. The minimum Gasteiger partial charge on any atom is -0.496 e. The van der Waals surface area contributed by atoms with Crippen molar-refractivity contribution in [2.45, 2.75) is 19.9 Å². The normalized spacial score (nSPS) is 10.5. The zero-order chi connectivity index (χ0) is 31.7. The zero-order valence-corrected chi connectivity index (χ0v) is 26.1. The van der Waals surface area contributed by atoms with E-state index >= 15 is 0 Å². The molecule has 0 amide bonds. The molecule has 4 N–H and O–H groups in total. The molecule has 3 nitrogen and oxygen atoms in total. The predicted molar refractivity (Wildman–Crippen MR) is 192 cm³/mol. The Morgan fingerprint density at radius 1 is 0.533 bits per heavy atom. The molecule has 6 aromatic rings. The first-order chi connectivity index (χ1) is 22.1. The van der Waals surface area contributed by atoms with Gasteiger partial charge in [-0.1, -0.05) is 158 Å². The quantitative estimate of drug-likeness (QED) is 0.194. The maximum Gasteiger partial charge on any atom is 0.126 e. The molecule has 3 heteroatoms. The molecule has 0 aliphatic heterocycles. The summed E-state index contributed by atoms with van der Waals surface area (Å²) >= 11 is 0. The van der Waals surface area contributed by atoms with Crippen LogP contribution in [0.4, 0.5) is 0 Å². The summed E-state index contributed by atoms with van der Waals surface area (Å²) in [5, 5.41) is 0. The van der Waals surface area contributed by atoms with Gasteiger partial charge in [0, 0.05) is 17.8 Å². The molecule has 0 spiro atoms. The van der Waals surface area contributed by atoms with Gasteiger partial charge < -0.3 is 16.2 Å². The van der Waals surface area contributed by atoms with Crippen LogP contribution >= 0.6 is 0 Å². The van der Waals surface area contributed by atoms with Crippen molar-refractivity contribution in [2.75, 3.05) is 7.11 Å². The second-order valence-corrected chi connectivity index (χ2v) is 10.6. The molecule has 0 aromatic heterocycles. The van der Waals surface area contributed by atoms with E-state index in [2.05, 4.69) is 103 Å². The first-order valence-electron chi connectivity index (χ1n) is 15.2. The lowest BCUT2D eigenvalue weighted by atomic mass is 9.99. The molecule has 6 rings (SSSR count). The number of nitrogens with two attached hydrogens (primary N) is 2. The van der Waals surface area contributed by atoms with Crippen molar-refractivity contribution in [2.24, 2.45) is 11.5 Å². The third-order valence-electron chi connectivity index (χ3n) is 7.19. The Labute approximate surface area is 268 Å². The Hall–Kier alpha value is -5.38. The van der Waals surface area contributed by atoms with E-state index in [0.717, 1.165) is 29.0 Å². The van der Waals surface area contributed by atoms with E-state index in [9.17, 15) is 0 Å². The van der Waals surface area contributed by atoms with Crippen molar-refractivity contribution in [3.8, 4) is 39.1 Å². The summed E-state index contributed by atoms with van der Waals surface area (Å²) in [5.74, 6) is 0.896. The minimum absolute atomic E-state index is 0.640. The van der Waals surface area contributed by atoms with Crippen molar-refractivity contribution < 1.29 is 4.74 Å². The number of rotatable bonds is 7. The zero-order valence-electron chi connectivity index (χ0n) is 26.1. The van der Waals surface area contributed by atoms with Gasteiger partial charge in [-0.3, -0.25) is 0 Å². The van der Waals surface area contributed by atoms with Crippen molar-refractivity contribution in [3.05, 3.63) is 187 Å². The number of benzene rings is 6. The Morgan fingerprint density at radius 2 is 1.02 bits per heavy atom. The number of methoxy groups -OCH3 is 1. The van der Waals surface area contributed by atoms with Gasteiger partial charge in [-0.25, -0.2) is 0 Å². The van der Waals surface area contributed by atoms with E-state index in [1.165, 1.54) is 33.4 Å². The fraction of sp³-hybridized carbons (Fsp3) is 0.0952. The Bertz CT molecular complexity index is 1670. The van der Waals surface area contributed by atoms with Gasteiger partial charge in [0.1, 0.15) is 5.75 Å². The highest BCUT2D eigenvalue weighted by Gasteiger charge is 2.04. The highest BCUT2D eigenvalue weighted by molar-refractivity contribution is 5.73. The van der Waals surface area contributed by atoms with Crippen molar-refractivity contribution in [3.63, 3.8) is 0 Å². The molecule has 6 aromatic carbocycles. The van der Waals surface area contributed by atoms with Crippen LogP contribution in [0.1, 0.15) is 18.1 Å². The summed E-state index contributed by atoms with van der Waals surface area (Å²) in [6.45, 7) is 2.55. The van der Waals surface area contributed by atoms with E-state index in [-0.39, 0.29) is 0 Å². The molecular formula is C42H42N2O. The Kier molecular flexibility index (Phi) is 12.8. The molecule has 0 aliphatic rings. The molecule has 226 valence electrons. The van der Waals surface area contributed by atoms with Crippen LogP contribution in [0.2, 0.25) is 0 Å². The largest absolute Gasteiger partial charge is 0.496 e. The third-order valence-corrected chi connectivity index (χ3v) is 7.19. The molecule has 0 atom stereocenters. The molecule has 45 heavy (non-hydrogen) atoms. The molecule has 0 saturated heterocycles. The number of ether oxygens (including phenoxy) is 1. The molecule has 0 unspecified atom stereocenters. The second-order valence-electron chi connectivity index (χ2n) is 10.6. The molecular weight excluding hydrogens is 548 g/mol. The highest BCUT2D eigenvalue weighted by Crippen LogP contribution is 2.30. The standard InChI is InChI=1S/C18H14.C17H19NO.C7H9N/c1-3-8-15(9-4-1)17-12-7-13-18(14-17)16-10-5-2-6-11-16;1-13(18)7-8-14-9-11-15(12-10-14)16-5-3-4-6-17(16)19-2;8-6-7-4-2-1-3-5-7/h1-14H;3-7,9-12H,8,18H2,1-2H3;1-5H,6,8H2/b;13-7-;. The van der Waals surface area contributed by atoms with Gasteiger partial charge >= 0.3 is 0 Å². The fourth-order valence-electron chi connectivity index (χ4n) is 4.74. The lowest BCUT2D eigenvalue weighted by Crippen LogP contribution is -1.94. The van der Waals surface area contributed by atoms with Gasteiger partial charge in [0.05, 0.1) is 7.11 Å². The summed E-state index contributed by atoms with van der Waals surface area (Å²) in [6, 6.07) is 56.1. The maximum absolute atomic E-state index is 5.64. The minimum atomic E-state index is 0.640. The van der Waals surface area contributed by atoms with Crippen LogP contribution in [0.5, 0.6) is 5.75 Å². The number of hydrogen-bond donors (Lipinski definition) is 2. The van der Waals surface area contributed by atoms with Gasteiger partial charge in [-0.2, -0.15) is 0 Å². The summed E-state index contributed by atoms with van der Waals surface area (Å²) in [5.41, 5.74) is 21.6. The maximum atomic E-state index is 5.64. The predicted octanol–water partition coefficient (Wildman–Crippen LogP) is 9.93. The van der Waals surface area contributed by atoms with E-state index in [0.29, 0.717) is 6.54 Å². The lowest BCUT2D eigenvalue weighted by Gasteiger charge is -2.08. The monoisotopic (exact) mass is 590 g/mol. The average molecular weight is 591 g/mol. The van der Waals surface area contributed by atoms with Crippen LogP contribution < -0.4 is 16.2 Å². The highest BCUT2D eigenvalue weighted by atomic mass is 16.5. The van der Waals surface area contributed by atoms with Crippen molar-refractivity contribution in [1.82, 2.24) is 0 Å². The van der Waals surface area contributed by atoms with Gasteiger partial charge in [0.25, 0.3) is 0 Å². The smallest absolute Gasteiger partial charge is 0.126 e. The van der Waals surface area contributed by atoms with E-state index in [4.69, 9.17) is 16.2 Å². The van der Waals surface area contributed by atoms with E-state index in [1.54, 1.807) is 7.11 Å². The van der Waals surface area contributed by atoms with E-state index < -0.39 is 0 Å². The van der Waals surface area contributed by atoms with Crippen LogP contribution in [-0.2, 0) is 13.0 Å². The fourth-order valence-corrected chi connectivity index (χ4v) is 4.74. The Morgan fingerprint density at radius 3 is 1.51 bits per heavy atom. The lowest BCUT2D eigenvalue weighted by molar-refractivity contribution is 0.416. The molecule has 0 aliphatic carbocycles. The van der Waals surface area contributed by atoms with E-state index in [1.807, 2.05) is 73.7 Å². The summed E-state index contributed by atoms with van der Waals surface area (Å²) < 4.78 is 5.38. The molecule has 0 heterocycles. The van der Waals surface area contributed by atoms with Crippen LogP contribution in [0.15, 0.2) is 176 Å². The van der Waals surface area contributed by atoms with Gasteiger partial charge in [0.15, 0.2) is 0 Å². The average Bonchev–Trinajstić information content (AvgIpc) is 3.12. The Balaban J connectivity index is 0.000000166. The van der Waals surface area contributed by atoms with Crippen LogP contribution in [-0.4, -0.2) is 7.11 Å². The third kappa shape index (κ3) is 10.4. The SMILES string of the molecule is COc1ccccc1-c1ccc(C/C=C(/C)N)cc1.NCc1ccccc1.c1ccc(-c2cccc(-c3ccccc3)c2)cc1. The van der Waals surface area contributed by atoms with Crippen LogP contribution in [0.3, 0.4) is 0 Å². The van der Waals surface area contributed by atoms with Gasteiger partial charge in [-0.05, 0) is 64.4 Å². The summed E-state index contributed by atoms with van der Waals surface area (Å²) in [7, 11) is 1.70. The number of para-hydroxylation sites is 1. The van der Waals surface area contributed by atoms with Gasteiger partial charge in [0.2, 0.25) is 0 Å². The number of allylic oxidation sites excluding steroid dienone is 2. The summed E-state index contributed by atoms with van der Waals surface area (Å²) in [6.07, 6.45) is 2.90. The van der Waals surface area contributed by atoms with Crippen molar-refractivity contribution in [1.29, 1.82) is 0 Å². The molecule has 0 fully saturated rings. The first-order valence-corrected chi connectivity index (χ1v) is 15.2. The molecule has 0 bridgehead atoms. The van der Waals surface area contributed by atoms with Crippen molar-refractivity contribution >= 4 is 0 Å². The number of hydrogen-bond acceptors (Lipinski definition) is 3. The second kappa shape index (κ2) is 17.7. The molecule has 0 radical (unpaired) electrons. The van der Waals surface area contributed by atoms with Crippen LogP contribution in [0, 0.1) is 0 Å².